The minimum atomic E-state index is -0.582. The van der Waals surface area contributed by atoms with Crippen molar-refractivity contribution in [3.63, 3.8) is 0 Å². The second kappa shape index (κ2) is 8.70. The van der Waals surface area contributed by atoms with Gasteiger partial charge in [0.15, 0.2) is 0 Å². The predicted octanol–water partition coefficient (Wildman–Crippen LogP) is 3.84. The number of hydrogen-bond acceptors (Lipinski definition) is 2. The molecule has 0 aliphatic heterocycles. The van der Waals surface area contributed by atoms with Crippen LogP contribution in [0.2, 0.25) is 0 Å². The summed E-state index contributed by atoms with van der Waals surface area (Å²) in [6, 6.07) is 7.61. The van der Waals surface area contributed by atoms with E-state index in [0.717, 1.165) is 17.7 Å². The summed E-state index contributed by atoms with van der Waals surface area (Å²) in [5.74, 6) is -0.129. The number of para-hydroxylation sites is 1. The Hall–Kier alpha value is -1.84. The molecule has 126 valence electrons. The van der Waals surface area contributed by atoms with Gasteiger partial charge in [0.05, 0.1) is 0 Å². The molecule has 0 atom stereocenters. The Bertz CT molecular complexity index is 534. The summed E-state index contributed by atoms with van der Waals surface area (Å²) in [5, 5.41) is 5.48. The summed E-state index contributed by atoms with van der Waals surface area (Å²) >= 11 is 0. The Morgan fingerprint density at radius 2 is 1.78 bits per heavy atom. The molecule has 2 N–H and O–H groups in total. The third-order valence-corrected chi connectivity index (χ3v) is 4.60. The molecule has 1 aromatic rings. The van der Waals surface area contributed by atoms with Crippen molar-refractivity contribution >= 4 is 17.5 Å². The fraction of sp³-hybridized carbons (Fsp3) is 0.579. The molecule has 2 rings (SSSR count). The number of carbonyl (C=O) groups is 2. The first-order valence-corrected chi connectivity index (χ1v) is 8.76. The van der Waals surface area contributed by atoms with Crippen LogP contribution in [0, 0.1) is 5.92 Å². The number of hydrogen-bond donors (Lipinski definition) is 2. The Balaban J connectivity index is 1.80. The fourth-order valence-electron chi connectivity index (χ4n) is 3.24. The van der Waals surface area contributed by atoms with Crippen LogP contribution in [0.25, 0.3) is 0 Å². The number of amides is 2. The molecular weight excluding hydrogens is 288 g/mol. The van der Waals surface area contributed by atoms with Crippen molar-refractivity contribution in [2.75, 3.05) is 11.9 Å². The van der Waals surface area contributed by atoms with Gasteiger partial charge in [-0.05, 0) is 29.9 Å². The lowest BCUT2D eigenvalue weighted by molar-refractivity contribution is -0.136. The average molecular weight is 316 g/mol. The highest BCUT2D eigenvalue weighted by atomic mass is 16.2. The fourth-order valence-corrected chi connectivity index (χ4v) is 3.24. The number of anilines is 1. The van der Waals surface area contributed by atoms with Crippen molar-refractivity contribution < 1.29 is 9.59 Å². The molecule has 23 heavy (non-hydrogen) atoms. The quantitative estimate of drug-likeness (QED) is 0.811. The van der Waals surface area contributed by atoms with Gasteiger partial charge in [-0.3, -0.25) is 9.59 Å². The molecule has 0 radical (unpaired) electrons. The summed E-state index contributed by atoms with van der Waals surface area (Å²) in [4.78, 5) is 24.0. The second-order valence-electron chi connectivity index (χ2n) is 6.74. The van der Waals surface area contributed by atoms with Crippen LogP contribution in [-0.4, -0.2) is 18.4 Å². The topological polar surface area (TPSA) is 58.2 Å². The van der Waals surface area contributed by atoms with Crippen molar-refractivity contribution in [3.8, 4) is 0 Å². The van der Waals surface area contributed by atoms with E-state index in [9.17, 15) is 9.59 Å². The maximum Gasteiger partial charge on any atom is 0.313 e. The van der Waals surface area contributed by atoms with Crippen LogP contribution in [-0.2, 0) is 9.59 Å². The monoisotopic (exact) mass is 316 g/mol. The number of rotatable bonds is 5. The van der Waals surface area contributed by atoms with Gasteiger partial charge in [-0.15, -0.1) is 0 Å². The van der Waals surface area contributed by atoms with Gasteiger partial charge in [-0.25, -0.2) is 0 Å². The molecular formula is C19H28N2O2. The highest BCUT2D eigenvalue weighted by molar-refractivity contribution is 6.39. The van der Waals surface area contributed by atoms with E-state index < -0.39 is 11.8 Å². The van der Waals surface area contributed by atoms with E-state index in [1.165, 1.54) is 32.1 Å². The Labute approximate surface area is 139 Å². The maximum absolute atomic E-state index is 12.0. The zero-order chi connectivity index (χ0) is 16.7. The van der Waals surface area contributed by atoms with E-state index in [1.54, 1.807) is 0 Å². The number of nitrogens with one attached hydrogen (secondary N) is 2. The van der Waals surface area contributed by atoms with Crippen LogP contribution in [0.4, 0.5) is 5.69 Å². The van der Waals surface area contributed by atoms with Crippen molar-refractivity contribution in [2.45, 2.75) is 58.3 Å². The average Bonchev–Trinajstić information content (AvgIpc) is 2.56. The first-order chi connectivity index (χ1) is 11.1. The van der Waals surface area contributed by atoms with Crippen molar-refractivity contribution in [2.24, 2.45) is 5.92 Å². The first-order valence-electron chi connectivity index (χ1n) is 8.76. The first kappa shape index (κ1) is 17.5. The summed E-state index contributed by atoms with van der Waals surface area (Å²) < 4.78 is 0. The minimum absolute atomic E-state index is 0.292. The SMILES string of the molecule is CC(C)c1ccccc1NC(=O)C(=O)NCCC1CCCCC1. The smallest absolute Gasteiger partial charge is 0.313 e. The molecule has 2 amide bonds. The van der Waals surface area contributed by atoms with Crippen molar-refractivity contribution in [1.29, 1.82) is 0 Å². The highest BCUT2D eigenvalue weighted by Crippen LogP contribution is 2.26. The molecule has 1 aliphatic rings. The molecule has 1 fully saturated rings. The molecule has 0 unspecified atom stereocenters. The van der Waals surface area contributed by atoms with Gasteiger partial charge in [-0.1, -0.05) is 64.2 Å². The van der Waals surface area contributed by atoms with E-state index in [2.05, 4.69) is 24.5 Å². The molecule has 0 aromatic heterocycles. The van der Waals surface area contributed by atoms with E-state index in [-0.39, 0.29) is 0 Å². The van der Waals surface area contributed by atoms with Crippen molar-refractivity contribution in [3.05, 3.63) is 29.8 Å². The largest absolute Gasteiger partial charge is 0.348 e. The van der Waals surface area contributed by atoms with Crippen LogP contribution in [0.1, 0.15) is 63.9 Å². The van der Waals surface area contributed by atoms with Gasteiger partial charge in [-0.2, -0.15) is 0 Å². The zero-order valence-electron chi connectivity index (χ0n) is 14.2. The Morgan fingerprint density at radius 1 is 1.09 bits per heavy atom. The van der Waals surface area contributed by atoms with E-state index in [4.69, 9.17) is 0 Å². The van der Waals surface area contributed by atoms with Gasteiger partial charge >= 0.3 is 11.8 Å². The van der Waals surface area contributed by atoms with E-state index in [1.807, 2.05) is 24.3 Å². The molecule has 1 aromatic carbocycles. The normalized spacial score (nSPS) is 15.4. The molecule has 1 saturated carbocycles. The number of benzene rings is 1. The third-order valence-electron chi connectivity index (χ3n) is 4.60. The van der Waals surface area contributed by atoms with Gasteiger partial charge in [0.2, 0.25) is 0 Å². The second-order valence-corrected chi connectivity index (χ2v) is 6.74. The van der Waals surface area contributed by atoms with Crippen molar-refractivity contribution in [1.82, 2.24) is 5.32 Å². The third kappa shape index (κ3) is 5.38. The van der Waals surface area contributed by atoms with Gasteiger partial charge in [0, 0.05) is 12.2 Å². The van der Waals surface area contributed by atoms with Crippen LogP contribution in [0.15, 0.2) is 24.3 Å². The van der Waals surface area contributed by atoms with Crippen LogP contribution < -0.4 is 10.6 Å². The van der Waals surface area contributed by atoms with Crippen LogP contribution in [0.3, 0.4) is 0 Å². The lowest BCUT2D eigenvalue weighted by Gasteiger charge is -2.21. The lowest BCUT2D eigenvalue weighted by Crippen LogP contribution is -2.36. The van der Waals surface area contributed by atoms with E-state index in [0.29, 0.717) is 18.4 Å². The van der Waals surface area contributed by atoms with Crippen LogP contribution in [0.5, 0.6) is 0 Å². The highest BCUT2D eigenvalue weighted by Gasteiger charge is 2.17. The molecule has 0 bridgehead atoms. The maximum atomic E-state index is 12.0. The van der Waals surface area contributed by atoms with Gasteiger partial charge in [0.1, 0.15) is 0 Å². The summed E-state index contributed by atoms with van der Waals surface area (Å²) in [7, 11) is 0. The molecule has 4 nitrogen and oxygen atoms in total. The zero-order valence-corrected chi connectivity index (χ0v) is 14.2. The molecule has 4 heteroatoms. The van der Waals surface area contributed by atoms with E-state index >= 15 is 0 Å². The van der Waals surface area contributed by atoms with Gasteiger partial charge < -0.3 is 10.6 Å². The molecule has 0 saturated heterocycles. The standard InChI is InChI=1S/C19H28N2O2/c1-14(2)16-10-6-7-11-17(16)21-19(23)18(22)20-13-12-15-8-4-3-5-9-15/h6-7,10-11,14-15H,3-5,8-9,12-13H2,1-2H3,(H,20,22)(H,21,23). The predicted molar refractivity (Wildman–Crippen MR) is 93.4 cm³/mol. The number of carbonyl (C=O) groups excluding carboxylic acids is 2. The molecule has 0 spiro atoms. The molecule has 1 aliphatic carbocycles. The molecule has 0 heterocycles. The summed E-state index contributed by atoms with van der Waals surface area (Å²) in [5.41, 5.74) is 1.76. The van der Waals surface area contributed by atoms with Gasteiger partial charge in [0.25, 0.3) is 0 Å². The Morgan fingerprint density at radius 3 is 2.48 bits per heavy atom. The lowest BCUT2D eigenvalue weighted by atomic mass is 9.87. The van der Waals surface area contributed by atoms with Crippen LogP contribution >= 0.6 is 0 Å². The summed E-state index contributed by atoms with van der Waals surface area (Å²) in [6.45, 7) is 4.72. The minimum Gasteiger partial charge on any atom is -0.348 e. The summed E-state index contributed by atoms with van der Waals surface area (Å²) in [6.07, 6.45) is 7.41. The Kier molecular flexibility index (Phi) is 6.63.